The van der Waals surface area contributed by atoms with Crippen LogP contribution in [-0.4, -0.2) is 24.7 Å². The third kappa shape index (κ3) is 3.40. The van der Waals surface area contributed by atoms with E-state index in [1.165, 1.54) is 6.20 Å². The fourth-order valence-corrected chi connectivity index (χ4v) is 2.81. The second-order valence-corrected chi connectivity index (χ2v) is 5.62. The molecule has 1 N–H and O–H groups in total. The Morgan fingerprint density at radius 2 is 1.96 bits per heavy atom. The average molecular weight is 337 g/mol. The highest BCUT2D eigenvalue weighted by molar-refractivity contribution is 5.93. The van der Waals surface area contributed by atoms with Gasteiger partial charge in [-0.2, -0.15) is 0 Å². The Hall–Kier alpha value is -3.08. The summed E-state index contributed by atoms with van der Waals surface area (Å²) in [6, 6.07) is 13.4. The van der Waals surface area contributed by atoms with E-state index in [0.717, 1.165) is 16.9 Å². The van der Waals surface area contributed by atoms with E-state index in [2.05, 4.69) is 4.98 Å². The molecule has 1 heterocycles. The van der Waals surface area contributed by atoms with Crippen molar-refractivity contribution in [2.75, 3.05) is 13.7 Å². The topological polar surface area (TPSA) is 68.4 Å². The number of esters is 1. The first kappa shape index (κ1) is 16.8. The largest absolute Gasteiger partial charge is 0.496 e. The van der Waals surface area contributed by atoms with Crippen LogP contribution in [0.25, 0.3) is 10.9 Å². The predicted octanol–water partition coefficient (Wildman–Crippen LogP) is 3.30. The molecule has 0 radical (unpaired) electrons. The lowest BCUT2D eigenvalue weighted by atomic mass is 10.0. The molecule has 128 valence electrons. The second kappa shape index (κ2) is 7.21. The van der Waals surface area contributed by atoms with Gasteiger partial charge in [-0.3, -0.25) is 4.79 Å². The van der Waals surface area contributed by atoms with Crippen LogP contribution >= 0.6 is 0 Å². The number of methoxy groups -OCH3 is 1. The SMILES string of the molecule is CCOC(=O)c1c[nH]c2ccc(Cc3ccccc3OC)cc2c1=O. The molecule has 0 bridgehead atoms. The van der Waals surface area contributed by atoms with E-state index in [9.17, 15) is 9.59 Å². The summed E-state index contributed by atoms with van der Waals surface area (Å²) in [4.78, 5) is 27.5. The van der Waals surface area contributed by atoms with Crippen LogP contribution in [0.5, 0.6) is 5.75 Å². The number of fused-ring (bicyclic) bond motifs is 1. The zero-order valence-electron chi connectivity index (χ0n) is 14.2. The summed E-state index contributed by atoms with van der Waals surface area (Å²) in [6.07, 6.45) is 2.03. The molecule has 5 heteroatoms. The Morgan fingerprint density at radius 3 is 2.72 bits per heavy atom. The van der Waals surface area contributed by atoms with Crippen molar-refractivity contribution in [3.63, 3.8) is 0 Å². The maximum Gasteiger partial charge on any atom is 0.343 e. The van der Waals surface area contributed by atoms with E-state index >= 15 is 0 Å². The molecule has 3 rings (SSSR count). The highest BCUT2D eigenvalue weighted by Gasteiger charge is 2.14. The molecule has 0 spiro atoms. The Labute approximate surface area is 145 Å². The number of H-pyrrole nitrogens is 1. The van der Waals surface area contributed by atoms with Crippen LogP contribution in [0.1, 0.15) is 28.4 Å². The minimum absolute atomic E-state index is 0.0174. The fourth-order valence-electron chi connectivity index (χ4n) is 2.81. The zero-order chi connectivity index (χ0) is 17.8. The molecule has 0 saturated heterocycles. The van der Waals surface area contributed by atoms with Gasteiger partial charge in [-0.05, 0) is 36.2 Å². The van der Waals surface area contributed by atoms with Crippen molar-refractivity contribution >= 4 is 16.9 Å². The van der Waals surface area contributed by atoms with Crippen LogP contribution in [0, 0.1) is 0 Å². The second-order valence-electron chi connectivity index (χ2n) is 5.62. The highest BCUT2D eigenvalue weighted by atomic mass is 16.5. The molecule has 0 aliphatic heterocycles. The number of rotatable bonds is 5. The van der Waals surface area contributed by atoms with Crippen molar-refractivity contribution in [2.45, 2.75) is 13.3 Å². The number of aromatic amines is 1. The van der Waals surface area contributed by atoms with Crippen LogP contribution in [0.15, 0.2) is 53.5 Å². The molecule has 0 saturated carbocycles. The summed E-state index contributed by atoms with van der Waals surface area (Å²) >= 11 is 0. The molecular weight excluding hydrogens is 318 g/mol. The average Bonchev–Trinajstić information content (AvgIpc) is 2.63. The number of carbonyl (C=O) groups is 1. The molecule has 25 heavy (non-hydrogen) atoms. The summed E-state index contributed by atoms with van der Waals surface area (Å²) in [6.45, 7) is 1.93. The van der Waals surface area contributed by atoms with E-state index in [4.69, 9.17) is 9.47 Å². The monoisotopic (exact) mass is 337 g/mol. The summed E-state index contributed by atoms with van der Waals surface area (Å²) in [5.41, 5.74) is 2.37. The first-order chi connectivity index (χ1) is 12.1. The quantitative estimate of drug-likeness (QED) is 0.725. The van der Waals surface area contributed by atoms with Crippen LogP contribution in [-0.2, 0) is 11.2 Å². The van der Waals surface area contributed by atoms with Gasteiger partial charge in [-0.1, -0.05) is 24.3 Å². The van der Waals surface area contributed by atoms with Crippen LogP contribution in [0.3, 0.4) is 0 Å². The lowest BCUT2D eigenvalue weighted by Gasteiger charge is -2.09. The summed E-state index contributed by atoms with van der Waals surface area (Å²) in [5.74, 6) is 0.192. The van der Waals surface area contributed by atoms with E-state index in [1.54, 1.807) is 14.0 Å². The van der Waals surface area contributed by atoms with Gasteiger partial charge in [0.25, 0.3) is 0 Å². The van der Waals surface area contributed by atoms with Gasteiger partial charge in [0.2, 0.25) is 5.43 Å². The van der Waals surface area contributed by atoms with Gasteiger partial charge in [0, 0.05) is 23.5 Å². The highest BCUT2D eigenvalue weighted by Crippen LogP contribution is 2.22. The van der Waals surface area contributed by atoms with Gasteiger partial charge >= 0.3 is 5.97 Å². The third-order valence-corrected chi connectivity index (χ3v) is 4.03. The van der Waals surface area contributed by atoms with Gasteiger partial charge in [-0.15, -0.1) is 0 Å². The lowest BCUT2D eigenvalue weighted by molar-refractivity contribution is 0.0524. The molecule has 0 fully saturated rings. The van der Waals surface area contributed by atoms with Crippen molar-refractivity contribution in [2.24, 2.45) is 0 Å². The molecule has 0 aliphatic carbocycles. The summed E-state index contributed by atoms with van der Waals surface area (Å²) < 4.78 is 10.3. The number of nitrogens with one attached hydrogen (secondary N) is 1. The molecule has 0 aliphatic rings. The molecule has 1 aromatic heterocycles. The zero-order valence-corrected chi connectivity index (χ0v) is 14.2. The van der Waals surface area contributed by atoms with E-state index in [-0.39, 0.29) is 17.6 Å². The minimum Gasteiger partial charge on any atom is -0.496 e. The number of carbonyl (C=O) groups excluding carboxylic acids is 1. The lowest BCUT2D eigenvalue weighted by Crippen LogP contribution is -2.18. The smallest absolute Gasteiger partial charge is 0.343 e. The number of hydrogen-bond acceptors (Lipinski definition) is 4. The minimum atomic E-state index is -0.610. The van der Waals surface area contributed by atoms with Gasteiger partial charge in [0.15, 0.2) is 0 Å². The molecule has 5 nitrogen and oxygen atoms in total. The van der Waals surface area contributed by atoms with Crippen molar-refractivity contribution in [3.05, 3.63) is 75.6 Å². The van der Waals surface area contributed by atoms with Gasteiger partial charge < -0.3 is 14.5 Å². The summed E-state index contributed by atoms with van der Waals surface area (Å²) in [5, 5.41) is 0.470. The number of benzene rings is 2. The van der Waals surface area contributed by atoms with Gasteiger partial charge in [0.1, 0.15) is 11.3 Å². The maximum atomic E-state index is 12.6. The van der Waals surface area contributed by atoms with Crippen molar-refractivity contribution < 1.29 is 14.3 Å². The van der Waals surface area contributed by atoms with Crippen molar-refractivity contribution in [1.82, 2.24) is 4.98 Å². The van der Waals surface area contributed by atoms with E-state index in [0.29, 0.717) is 17.3 Å². The van der Waals surface area contributed by atoms with Gasteiger partial charge in [0.05, 0.1) is 13.7 Å². The number of pyridine rings is 1. The first-order valence-corrected chi connectivity index (χ1v) is 8.07. The Balaban J connectivity index is 2.02. The van der Waals surface area contributed by atoms with Gasteiger partial charge in [-0.25, -0.2) is 4.79 Å². The van der Waals surface area contributed by atoms with Crippen LogP contribution in [0.2, 0.25) is 0 Å². The summed E-state index contributed by atoms with van der Waals surface area (Å²) in [7, 11) is 1.63. The Bertz CT molecular complexity index is 975. The molecular formula is C20H19NO4. The number of para-hydroxylation sites is 1. The molecule has 0 amide bonds. The van der Waals surface area contributed by atoms with Crippen LogP contribution < -0.4 is 10.2 Å². The Morgan fingerprint density at radius 1 is 1.16 bits per heavy atom. The Kier molecular flexibility index (Phi) is 4.84. The predicted molar refractivity (Wildman–Crippen MR) is 96.3 cm³/mol. The molecule has 3 aromatic rings. The molecule has 2 aromatic carbocycles. The molecule has 0 unspecified atom stereocenters. The number of aromatic nitrogens is 1. The van der Waals surface area contributed by atoms with Crippen molar-refractivity contribution in [1.29, 1.82) is 0 Å². The number of hydrogen-bond donors (Lipinski definition) is 1. The third-order valence-electron chi connectivity index (χ3n) is 4.03. The first-order valence-electron chi connectivity index (χ1n) is 8.07. The normalized spacial score (nSPS) is 10.6. The van der Waals surface area contributed by atoms with Crippen LogP contribution in [0.4, 0.5) is 0 Å². The maximum absolute atomic E-state index is 12.6. The fraction of sp³-hybridized carbons (Fsp3) is 0.200. The molecule has 0 atom stereocenters. The van der Waals surface area contributed by atoms with E-state index in [1.807, 2.05) is 42.5 Å². The van der Waals surface area contributed by atoms with E-state index < -0.39 is 5.97 Å². The number of ether oxygens (including phenoxy) is 2. The standard InChI is InChI=1S/C20H19NO4/c1-3-25-20(23)16-12-21-17-9-8-13(11-15(17)19(16)22)10-14-6-4-5-7-18(14)24-2/h4-9,11-12H,3,10H2,1-2H3,(H,21,22). The van der Waals surface area contributed by atoms with Crippen molar-refractivity contribution in [3.8, 4) is 5.75 Å².